The molecule has 116 valence electrons. The molecule has 0 radical (unpaired) electrons. The second-order valence-electron chi connectivity index (χ2n) is 5.91. The first-order chi connectivity index (χ1) is 10.5. The Morgan fingerprint density at radius 1 is 1.14 bits per heavy atom. The molecule has 2 aliphatic rings. The van der Waals surface area contributed by atoms with Gasteiger partial charge in [-0.2, -0.15) is 0 Å². The SMILES string of the molecule is CC(C)N1C(=O)[C@H]2CN(C(=O)c3ccccc3)CCN2C1=O. The third-order valence-electron chi connectivity index (χ3n) is 4.18. The molecule has 0 saturated carbocycles. The molecular formula is C16H19N3O3. The van der Waals surface area contributed by atoms with E-state index in [1.165, 1.54) is 4.90 Å². The van der Waals surface area contributed by atoms with Gasteiger partial charge in [0, 0.05) is 24.7 Å². The fourth-order valence-corrected chi connectivity index (χ4v) is 3.04. The van der Waals surface area contributed by atoms with Crippen molar-refractivity contribution >= 4 is 17.8 Å². The largest absolute Gasteiger partial charge is 0.334 e. The van der Waals surface area contributed by atoms with Crippen LogP contribution in [0.3, 0.4) is 0 Å². The average Bonchev–Trinajstić information content (AvgIpc) is 2.78. The fraction of sp³-hybridized carbons (Fsp3) is 0.438. The molecule has 1 atom stereocenters. The molecule has 1 aromatic carbocycles. The van der Waals surface area contributed by atoms with Gasteiger partial charge in [0.15, 0.2) is 0 Å². The van der Waals surface area contributed by atoms with E-state index in [2.05, 4.69) is 0 Å². The minimum absolute atomic E-state index is 0.0940. The van der Waals surface area contributed by atoms with Crippen LogP contribution in [-0.4, -0.2) is 64.3 Å². The van der Waals surface area contributed by atoms with Crippen molar-refractivity contribution in [2.24, 2.45) is 0 Å². The summed E-state index contributed by atoms with van der Waals surface area (Å²) in [6.07, 6.45) is 0. The van der Waals surface area contributed by atoms with Crippen LogP contribution in [0.4, 0.5) is 4.79 Å². The van der Waals surface area contributed by atoms with Crippen LogP contribution in [-0.2, 0) is 4.79 Å². The number of hydrogen-bond acceptors (Lipinski definition) is 3. The van der Waals surface area contributed by atoms with E-state index >= 15 is 0 Å². The number of carbonyl (C=O) groups is 3. The van der Waals surface area contributed by atoms with Gasteiger partial charge in [-0.15, -0.1) is 0 Å². The van der Waals surface area contributed by atoms with E-state index < -0.39 is 6.04 Å². The second-order valence-corrected chi connectivity index (χ2v) is 5.91. The van der Waals surface area contributed by atoms with Gasteiger partial charge >= 0.3 is 6.03 Å². The van der Waals surface area contributed by atoms with Crippen molar-refractivity contribution in [1.82, 2.24) is 14.7 Å². The number of rotatable bonds is 2. The van der Waals surface area contributed by atoms with Crippen LogP contribution < -0.4 is 0 Å². The standard InChI is InChI=1S/C16H19N3O3/c1-11(2)19-15(21)13-10-17(8-9-18(13)16(19)22)14(20)12-6-4-3-5-7-12/h3-7,11,13H,8-10H2,1-2H3/t13-/m1/s1. The number of urea groups is 1. The van der Waals surface area contributed by atoms with Crippen LogP contribution in [0.5, 0.6) is 0 Å². The molecule has 4 amide bonds. The number of hydrogen-bond donors (Lipinski definition) is 0. The predicted octanol–water partition coefficient (Wildman–Crippen LogP) is 1.18. The smallest absolute Gasteiger partial charge is 0.327 e. The van der Waals surface area contributed by atoms with Crippen LogP contribution in [0, 0.1) is 0 Å². The molecular weight excluding hydrogens is 282 g/mol. The Morgan fingerprint density at radius 3 is 2.45 bits per heavy atom. The summed E-state index contributed by atoms with van der Waals surface area (Å²) in [6, 6.07) is 8.06. The lowest BCUT2D eigenvalue weighted by molar-refractivity contribution is -0.130. The first-order valence-electron chi connectivity index (χ1n) is 7.48. The van der Waals surface area contributed by atoms with Crippen molar-refractivity contribution in [3.8, 4) is 0 Å². The van der Waals surface area contributed by atoms with Crippen LogP contribution in [0.1, 0.15) is 24.2 Å². The van der Waals surface area contributed by atoms with E-state index in [-0.39, 0.29) is 30.4 Å². The van der Waals surface area contributed by atoms with Gasteiger partial charge in [-0.25, -0.2) is 4.79 Å². The van der Waals surface area contributed by atoms with E-state index in [4.69, 9.17) is 0 Å². The van der Waals surface area contributed by atoms with Gasteiger partial charge in [0.05, 0.1) is 6.54 Å². The number of carbonyl (C=O) groups excluding carboxylic acids is 3. The van der Waals surface area contributed by atoms with Crippen LogP contribution in [0.25, 0.3) is 0 Å². The molecule has 0 spiro atoms. The van der Waals surface area contributed by atoms with Crippen molar-refractivity contribution in [1.29, 1.82) is 0 Å². The molecule has 0 aromatic heterocycles. The zero-order chi connectivity index (χ0) is 15.9. The zero-order valence-electron chi connectivity index (χ0n) is 12.7. The molecule has 6 heteroatoms. The molecule has 3 rings (SSSR count). The Labute approximate surface area is 129 Å². The highest BCUT2D eigenvalue weighted by atomic mass is 16.2. The topological polar surface area (TPSA) is 60.9 Å². The third-order valence-corrected chi connectivity index (χ3v) is 4.18. The molecule has 2 fully saturated rings. The number of amides is 4. The Hall–Kier alpha value is -2.37. The van der Waals surface area contributed by atoms with Crippen LogP contribution in [0.2, 0.25) is 0 Å². The van der Waals surface area contributed by atoms with Gasteiger partial charge in [0.25, 0.3) is 11.8 Å². The molecule has 2 aliphatic heterocycles. The summed E-state index contributed by atoms with van der Waals surface area (Å²) in [6.45, 7) is 4.76. The van der Waals surface area contributed by atoms with Crippen molar-refractivity contribution in [2.45, 2.75) is 25.9 Å². The molecule has 0 unspecified atom stereocenters. The number of piperazine rings is 1. The number of fused-ring (bicyclic) bond motifs is 1. The first kappa shape index (κ1) is 14.6. The summed E-state index contributed by atoms with van der Waals surface area (Å²) < 4.78 is 0. The molecule has 0 aliphatic carbocycles. The van der Waals surface area contributed by atoms with Gasteiger partial charge in [-0.3, -0.25) is 14.5 Å². The molecule has 1 aromatic rings. The quantitative estimate of drug-likeness (QED) is 0.771. The molecule has 2 heterocycles. The number of benzene rings is 1. The molecule has 0 bridgehead atoms. The second kappa shape index (κ2) is 5.44. The Morgan fingerprint density at radius 2 is 1.82 bits per heavy atom. The molecule has 0 N–H and O–H groups in total. The van der Waals surface area contributed by atoms with Crippen LogP contribution in [0.15, 0.2) is 30.3 Å². The number of nitrogens with zero attached hydrogens (tertiary/aromatic N) is 3. The highest BCUT2D eigenvalue weighted by Crippen LogP contribution is 2.24. The lowest BCUT2D eigenvalue weighted by atomic mass is 10.1. The van der Waals surface area contributed by atoms with Gasteiger partial charge in [0.1, 0.15) is 6.04 Å². The highest BCUT2D eigenvalue weighted by molar-refractivity contribution is 6.05. The lowest BCUT2D eigenvalue weighted by Gasteiger charge is -2.35. The average molecular weight is 301 g/mol. The molecule has 6 nitrogen and oxygen atoms in total. The fourth-order valence-electron chi connectivity index (χ4n) is 3.04. The first-order valence-corrected chi connectivity index (χ1v) is 7.48. The minimum Gasteiger partial charge on any atom is -0.334 e. The van der Waals surface area contributed by atoms with E-state index in [0.29, 0.717) is 18.7 Å². The summed E-state index contributed by atoms with van der Waals surface area (Å²) in [7, 11) is 0. The van der Waals surface area contributed by atoms with E-state index in [1.807, 2.05) is 32.0 Å². The predicted molar refractivity (Wildman–Crippen MR) is 80.2 cm³/mol. The summed E-state index contributed by atoms with van der Waals surface area (Å²) in [5.74, 6) is -0.297. The summed E-state index contributed by atoms with van der Waals surface area (Å²) in [5, 5.41) is 0. The van der Waals surface area contributed by atoms with E-state index in [9.17, 15) is 14.4 Å². The molecule has 22 heavy (non-hydrogen) atoms. The van der Waals surface area contributed by atoms with Gasteiger partial charge in [0.2, 0.25) is 0 Å². The highest BCUT2D eigenvalue weighted by Gasteiger charge is 2.49. The monoisotopic (exact) mass is 301 g/mol. The zero-order valence-corrected chi connectivity index (χ0v) is 12.7. The number of imide groups is 1. The maximum Gasteiger partial charge on any atom is 0.327 e. The van der Waals surface area contributed by atoms with E-state index in [0.717, 1.165) is 0 Å². The summed E-state index contributed by atoms with van der Waals surface area (Å²) in [4.78, 5) is 41.7. The van der Waals surface area contributed by atoms with Gasteiger partial charge < -0.3 is 9.80 Å². The van der Waals surface area contributed by atoms with Gasteiger partial charge in [-0.05, 0) is 26.0 Å². The summed E-state index contributed by atoms with van der Waals surface area (Å²) >= 11 is 0. The Bertz CT molecular complexity index is 614. The summed E-state index contributed by atoms with van der Waals surface area (Å²) in [5.41, 5.74) is 0.605. The van der Waals surface area contributed by atoms with Crippen molar-refractivity contribution in [3.05, 3.63) is 35.9 Å². The maximum absolute atomic E-state index is 12.5. The van der Waals surface area contributed by atoms with Gasteiger partial charge in [-0.1, -0.05) is 18.2 Å². The van der Waals surface area contributed by atoms with E-state index in [1.54, 1.807) is 21.9 Å². The van der Waals surface area contributed by atoms with Crippen molar-refractivity contribution in [3.63, 3.8) is 0 Å². The maximum atomic E-state index is 12.5. The molecule has 2 saturated heterocycles. The van der Waals surface area contributed by atoms with Crippen molar-refractivity contribution < 1.29 is 14.4 Å². The Kier molecular flexibility index (Phi) is 3.60. The third kappa shape index (κ3) is 2.24. The van der Waals surface area contributed by atoms with Crippen molar-refractivity contribution in [2.75, 3.05) is 19.6 Å². The Balaban J connectivity index is 1.78. The van der Waals surface area contributed by atoms with Crippen LogP contribution >= 0.6 is 0 Å². The minimum atomic E-state index is -0.545. The normalized spacial score (nSPS) is 21.6. The lowest BCUT2D eigenvalue weighted by Crippen LogP contribution is -2.54.